The van der Waals surface area contributed by atoms with E-state index in [1.165, 1.54) is 0 Å². The Labute approximate surface area is 183 Å². The first kappa shape index (κ1) is 20.5. The van der Waals surface area contributed by atoms with Gasteiger partial charge in [-0.15, -0.1) is 0 Å². The number of nitrogens with zero attached hydrogens (tertiary/aromatic N) is 2. The summed E-state index contributed by atoms with van der Waals surface area (Å²) < 4.78 is 5.91. The molecule has 0 bridgehead atoms. The van der Waals surface area contributed by atoms with E-state index in [4.69, 9.17) is 39.2 Å². The lowest BCUT2D eigenvalue weighted by Crippen LogP contribution is -2.45. The number of hydrogen-bond acceptors (Lipinski definition) is 4. The van der Waals surface area contributed by atoms with Gasteiger partial charge in [0.05, 0.1) is 16.8 Å². The van der Waals surface area contributed by atoms with Crippen LogP contribution in [0.5, 0.6) is 0 Å². The quantitative estimate of drug-likeness (QED) is 0.528. The molecule has 0 radical (unpaired) electrons. The van der Waals surface area contributed by atoms with Gasteiger partial charge >= 0.3 is 0 Å². The van der Waals surface area contributed by atoms with Gasteiger partial charge in [-0.2, -0.15) is 0 Å². The number of carbonyl (C=O) groups excluding carboxylic acids is 1. The molecule has 3 aromatic rings. The minimum atomic E-state index is -0.284. The third-order valence-corrected chi connectivity index (χ3v) is 6.16. The van der Waals surface area contributed by atoms with Crippen LogP contribution in [0.15, 0.2) is 40.8 Å². The third kappa shape index (κ3) is 4.53. The number of nitrogens with one attached hydrogen (secondary N) is 1. The second-order valence-corrected chi connectivity index (χ2v) is 8.54. The van der Waals surface area contributed by atoms with Gasteiger partial charge in [0.2, 0.25) is 5.91 Å². The van der Waals surface area contributed by atoms with E-state index in [1.807, 2.05) is 19.1 Å². The van der Waals surface area contributed by atoms with Crippen molar-refractivity contribution in [2.75, 3.05) is 18.4 Å². The molecule has 8 heteroatoms. The average Bonchev–Trinajstić information content (AvgIpc) is 3.13. The molecular weight excluding hydrogens is 433 g/mol. The number of benzene rings is 2. The van der Waals surface area contributed by atoms with Gasteiger partial charge in [-0.25, -0.2) is 4.98 Å². The number of hydrogen-bond donors (Lipinski definition) is 1. The summed E-state index contributed by atoms with van der Waals surface area (Å²) in [4.78, 5) is 19.4. The summed E-state index contributed by atoms with van der Waals surface area (Å²) in [6.07, 6.45) is 1.74. The van der Waals surface area contributed by atoms with Gasteiger partial charge in [-0.05, 0) is 69.3 Å². The molecule has 29 heavy (non-hydrogen) atoms. The zero-order valence-electron chi connectivity index (χ0n) is 15.8. The maximum Gasteiger partial charge on any atom is 0.241 e. The largest absolute Gasteiger partial charge is 0.440 e. The van der Waals surface area contributed by atoms with Crippen molar-refractivity contribution in [1.82, 2.24) is 9.88 Å². The van der Waals surface area contributed by atoms with Gasteiger partial charge < -0.3 is 9.73 Å². The second kappa shape index (κ2) is 8.52. The van der Waals surface area contributed by atoms with Crippen LogP contribution in [0, 0.1) is 0 Å². The molecule has 4 rings (SSSR count). The Bertz CT molecular complexity index is 1040. The van der Waals surface area contributed by atoms with Crippen molar-refractivity contribution in [3.05, 3.63) is 57.4 Å². The first-order valence-electron chi connectivity index (χ1n) is 9.46. The number of likely N-dealkylation sites (tertiary alicyclic amines) is 1. The molecular formula is C21H20Cl3N3O2. The number of amides is 1. The van der Waals surface area contributed by atoms with E-state index in [0.717, 1.165) is 42.9 Å². The van der Waals surface area contributed by atoms with E-state index in [0.29, 0.717) is 20.8 Å². The smallest absolute Gasteiger partial charge is 0.241 e. The van der Waals surface area contributed by atoms with Gasteiger partial charge in [0, 0.05) is 16.0 Å². The Morgan fingerprint density at radius 1 is 1.14 bits per heavy atom. The zero-order chi connectivity index (χ0) is 20.5. The Kier molecular flexibility index (Phi) is 6.02. The first-order valence-corrected chi connectivity index (χ1v) is 10.6. The molecule has 5 nitrogen and oxygen atoms in total. The van der Waals surface area contributed by atoms with E-state index in [9.17, 15) is 4.79 Å². The average molecular weight is 453 g/mol. The fourth-order valence-electron chi connectivity index (χ4n) is 3.62. The molecule has 152 valence electrons. The number of halogens is 3. The van der Waals surface area contributed by atoms with Crippen LogP contribution in [0.2, 0.25) is 15.1 Å². The van der Waals surface area contributed by atoms with E-state index in [2.05, 4.69) is 15.2 Å². The van der Waals surface area contributed by atoms with Crippen molar-refractivity contribution >= 4 is 57.5 Å². The van der Waals surface area contributed by atoms with Crippen LogP contribution in [0.3, 0.4) is 0 Å². The van der Waals surface area contributed by atoms with Crippen LogP contribution in [-0.2, 0) is 4.79 Å². The number of fused-ring (bicyclic) bond motifs is 1. The SMILES string of the molecule is CC(C(=O)Nc1cc(Cl)ccc1Cl)N1CCC(c2nc3cc(Cl)ccc3o2)CC1. The molecule has 2 heterocycles. The van der Waals surface area contributed by atoms with Crippen molar-refractivity contribution in [3.63, 3.8) is 0 Å². The van der Waals surface area contributed by atoms with E-state index >= 15 is 0 Å². The summed E-state index contributed by atoms with van der Waals surface area (Å²) in [5, 5.41) is 4.51. The maximum absolute atomic E-state index is 12.7. The monoisotopic (exact) mass is 451 g/mol. The summed E-state index contributed by atoms with van der Waals surface area (Å²) in [5.41, 5.74) is 2.05. The van der Waals surface area contributed by atoms with E-state index < -0.39 is 0 Å². The highest BCUT2D eigenvalue weighted by Gasteiger charge is 2.29. The molecule has 1 unspecified atom stereocenters. The number of aromatic nitrogens is 1. The molecule has 2 aromatic carbocycles. The standard InChI is InChI=1S/C21H20Cl3N3O2/c1-12(20(28)25-17-10-14(22)2-4-16(17)24)27-8-6-13(7-9-27)21-26-18-11-15(23)3-5-19(18)29-21/h2-5,10-13H,6-9H2,1H3,(H,25,28). The van der Waals surface area contributed by atoms with Crippen molar-refractivity contribution in [2.24, 2.45) is 0 Å². The van der Waals surface area contributed by atoms with Crippen LogP contribution in [0.4, 0.5) is 5.69 Å². The van der Waals surface area contributed by atoms with Crippen LogP contribution in [-0.4, -0.2) is 34.9 Å². The number of rotatable bonds is 4. The predicted molar refractivity (Wildman–Crippen MR) is 117 cm³/mol. The van der Waals surface area contributed by atoms with Crippen molar-refractivity contribution in [2.45, 2.75) is 31.7 Å². The number of piperidine rings is 1. The topological polar surface area (TPSA) is 58.4 Å². The zero-order valence-corrected chi connectivity index (χ0v) is 18.1. The van der Waals surface area contributed by atoms with Crippen LogP contribution < -0.4 is 5.32 Å². The molecule has 1 aliphatic heterocycles. The number of oxazole rings is 1. The Morgan fingerprint density at radius 3 is 2.59 bits per heavy atom. The molecule has 0 saturated carbocycles. The first-order chi connectivity index (χ1) is 13.9. The van der Waals surface area contributed by atoms with Crippen molar-refractivity contribution in [1.29, 1.82) is 0 Å². The Balaban J connectivity index is 1.38. The predicted octanol–water partition coefficient (Wildman–Crippen LogP) is 5.99. The molecule has 0 aliphatic carbocycles. The van der Waals surface area contributed by atoms with Crippen LogP contribution in [0.25, 0.3) is 11.1 Å². The molecule has 1 saturated heterocycles. The lowest BCUT2D eigenvalue weighted by Gasteiger charge is -2.34. The minimum Gasteiger partial charge on any atom is -0.440 e. The number of carbonyl (C=O) groups is 1. The van der Waals surface area contributed by atoms with Gasteiger partial charge in [-0.3, -0.25) is 9.69 Å². The van der Waals surface area contributed by atoms with E-state index in [-0.39, 0.29) is 17.9 Å². The van der Waals surface area contributed by atoms with Gasteiger partial charge in [0.1, 0.15) is 5.52 Å². The molecule has 1 fully saturated rings. The summed E-state index contributed by atoms with van der Waals surface area (Å²) >= 11 is 18.2. The third-order valence-electron chi connectivity index (χ3n) is 5.36. The highest BCUT2D eigenvalue weighted by atomic mass is 35.5. The normalized spacial score (nSPS) is 16.8. The van der Waals surface area contributed by atoms with Crippen LogP contribution in [0.1, 0.15) is 31.6 Å². The van der Waals surface area contributed by atoms with Gasteiger partial charge in [0.15, 0.2) is 11.5 Å². The van der Waals surface area contributed by atoms with Gasteiger partial charge in [0.25, 0.3) is 0 Å². The summed E-state index contributed by atoms with van der Waals surface area (Å²) in [6, 6.07) is 10.2. The summed E-state index contributed by atoms with van der Waals surface area (Å²) in [5.74, 6) is 0.865. The second-order valence-electron chi connectivity index (χ2n) is 7.26. The minimum absolute atomic E-state index is 0.107. The Hall–Kier alpha value is -1.79. The lowest BCUT2D eigenvalue weighted by molar-refractivity contribution is -0.121. The fraction of sp³-hybridized carbons (Fsp3) is 0.333. The van der Waals surface area contributed by atoms with Gasteiger partial charge in [-0.1, -0.05) is 34.8 Å². The highest BCUT2D eigenvalue weighted by Crippen LogP contribution is 2.32. The van der Waals surface area contributed by atoms with E-state index in [1.54, 1.807) is 24.3 Å². The molecule has 1 N–H and O–H groups in total. The number of anilines is 1. The van der Waals surface area contributed by atoms with Crippen molar-refractivity contribution < 1.29 is 9.21 Å². The van der Waals surface area contributed by atoms with Crippen LogP contribution >= 0.6 is 34.8 Å². The highest BCUT2D eigenvalue weighted by molar-refractivity contribution is 6.35. The molecule has 1 amide bonds. The molecule has 1 atom stereocenters. The molecule has 0 spiro atoms. The lowest BCUT2D eigenvalue weighted by atomic mass is 9.95. The molecule has 1 aromatic heterocycles. The fourth-order valence-corrected chi connectivity index (χ4v) is 4.13. The maximum atomic E-state index is 12.7. The van der Waals surface area contributed by atoms with Crippen molar-refractivity contribution in [3.8, 4) is 0 Å². The summed E-state index contributed by atoms with van der Waals surface area (Å²) in [6.45, 7) is 3.46. The Morgan fingerprint density at radius 2 is 1.83 bits per heavy atom. The summed E-state index contributed by atoms with van der Waals surface area (Å²) in [7, 11) is 0. The molecule has 1 aliphatic rings.